The minimum absolute atomic E-state index is 0.0589. The molecule has 0 saturated carbocycles. The number of likely N-dealkylation sites (N-methyl/N-ethyl adjacent to an activating group) is 1. The maximum Gasteiger partial charge on any atom is 0.241 e. The number of hydrogen-bond donors (Lipinski definition) is 1. The molecule has 1 atom stereocenters. The lowest BCUT2D eigenvalue weighted by Gasteiger charge is -2.37. The summed E-state index contributed by atoms with van der Waals surface area (Å²) < 4.78 is 1.42. The second kappa shape index (κ2) is 7.30. The number of piperazine rings is 1. The number of rotatable bonds is 6. The SMILES string of the molecule is CCN1CCN([C@@H](C)CNC(=O)Cn2cnnn2)CC1. The van der Waals surface area contributed by atoms with Crippen molar-refractivity contribution in [1.82, 2.24) is 35.3 Å². The van der Waals surface area contributed by atoms with Gasteiger partial charge in [-0.3, -0.25) is 9.69 Å². The molecule has 8 heteroatoms. The molecule has 0 unspecified atom stereocenters. The zero-order valence-corrected chi connectivity index (χ0v) is 12.2. The Morgan fingerprint density at radius 3 is 2.70 bits per heavy atom. The van der Waals surface area contributed by atoms with E-state index in [0.717, 1.165) is 32.7 Å². The summed E-state index contributed by atoms with van der Waals surface area (Å²) in [6.45, 7) is 10.6. The van der Waals surface area contributed by atoms with Gasteiger partial charge in [-0.25, -0.2) is 4.68 Å². The first-order valence-corrected chi connectivity index (χ1v) is 7.13. The molecular formula is C12H23N7O. The van der Waals surface area contributed by atoms with Crippen LogP contribution in [0.2, 0.25) is 0 Å². The van der Waals surface area contributed by atoms with Gasteiger partial charge in [0.2, 0.25) is 5.91 Å². The van der Waals surface area contributed by atoms with E-state index in [4.69, 9.17) is 0 Å². The van der Waals surface area contributed by atoms with E-state index in [-0.39, 0.29) is 12.5 Å². The number of hydrogen-bond acceptors (Lipinski definition) is 6. The van der Waals surface area contributed by atoms with Crippen LogP contribution in [0.3, 0.4) is 0 Å². The zero-order valence-electron chi connectivity index (χ0n) is 12.2. The Labute approximate surface area is 119 Å². The first kappa shape index (κ1) is 14.9. The first-order valence-electron chi connectivity index (χ1n) is 7.13. The van der Waals surface area contributed by atoms with Crippen molar-refractivity contribution in [2.24, 2.45) is 0 Å². The fraction of sp³-hybridized carbons (Fsp3) is 0.833. The molecule has 1 aliphatic rings. The maximum atomic E-state index is 11.7. The van der Waals surface area contributed by atoms with Gasteiger partial charge in [-0.2, -0.15) is 0 Å². The molecule has 1 fully saturated rings. The van der Waals surface area contributed by atoms with Crippen LogP contribution < -0.4 is 5.32 Å². The molecule has 1 amide bonds. The number of aromatic nitrogens is 4. The van der Waals surface area contributed by atoms with Crippen molar-refractivity contribution in [1.29, 1.82) is 0 Å². The Morgan fingerprint density at radius 1 is 1.35 bits per heavy atom. The fourth-order valence-electron chi connectivity index (χ4n) is 2.37. The largest absolute Gasteiger partial charge is 0.353 e. The van der Waals surface area contributed by atoms with E-state index in [0.29, 0.717) is 12.6 Å². The van der Waals surface area contributed by atoms with E-state index in [9.17, 15) is 4.79 Å². The van der Waals surface area contributed by atoms with Crippen molar-refractivity contribution in [2.75, 3.05) is 39.3 Å². The highest BCUT2D eigenvalue weighted by atomic mass is 16.2. The van der Waals surface area contributed by atoms with Crippen molar-refractivity contribution in [2.45, 2.75) is 26.4 Å². The Balaban J connectivity index is 1.67. The normalized spacial score (nSPS) is 18.9. The average Bonchev–Trinajstić information content (AvgIpc) is 2.97. The molecule has 2 rings (SSSR count). The minimum Gasteiger partial charge on any atom is -0.353 e. The molecule has 1 aromatic heterocycles. The van der Waals surface area contributed by atoms with Crippen LogP contribution in [0.15, 0.2) is 6.33 Å². The van der Waals surface area contributed by atoms with E-state index >= 15 is 0 Å². The lowest BCUT2D eigenvalue weighted by atomic mass is 10.2. The van der Waals surface area contributed by atoms with Gasteiger partial charge in [0.1, 0.15) is 12.9 Å². The van der Waals surface area contributed by atoms with Gasteiger partial charge in [0, 0.05) is 38.8 Å². The number of amides is 1. The number of tetrazole rings is 1. The van der Waals surface area contributed by atoms with Crippen molar-refractivity contribution >= 4 is 5.91 Å². The van der Waals surface area contributed by atoms with E-state index < -0.39 is 0 Å². The summed E-state index contributed by atoms with van der Waals surface area (Å²) in [5, 5.41) is 13.6. The summed E-state index contributed by atoms with van der Waals surface area (Å²) in [4.78, 5) is 16.6. The molecule has 112 valence electrons. The zero-order chi connectivity index (χ0) is 14.4. The van der Waals surface area contributed by atoms with E-state index in [1.54, 1.807) is 0 Å². The summed E-state index contributed by atoms with van der Waals surface area (Å²) in [6.07, 6.45) is 1.44. The maximum absolute atomic E-state index is 11.7. The lowest BCUT2D eigenvalue weighted by molar-refractivity contribution is -0.122. The predicted octanol–water partition coefficient (Wildman–Crippen LogP) is -1.18. The van der Waals surface area contributed by atoms with Gasteiger partial charge in [0.25, 0.3) is 0 Å². The van der Waals surface area contributed by atoms with Gasteiger partial charge in [-0.05, 0) is 23.9 Å². The van der Waals surface area contributed by atoms with Gasteiger partial charge < -0.3 is 10.2 Å². The summed E-state index contributed by atoms with van der Waals surface area (Å²) in [6, 6.07) is 0.354. The monoisotopic (exact) mass is 281 g/mol. The van der Waals surface area contributed by atoms with Crippen molar-refractivity contribution in [3.63, 3.8) is 0 Å². The van der Waals surface area contributed by atoms with Gasteiger partial charge in [0.15, 0.2) is 0 Å². The molecule has 0 spiro atoms. The standard InChI is InChI=1S/C12H23N7O/c1-3-17-4-6-18(7-5-17)11(2)8-13-12(20)9-19-10-14-15-16-19/h10-11H,3-9H2,1-2H3,(H,13,20)/t11-/m0/s1. The smallest absolute Gasteiger partial charge is 0.241 e. The molecule has 1 N–H and O–H groups in total. The van der Waals surface area contributed by atoms with Crippen LogP contribution in [-0.2, 0) is 11.3 Å². The number of nitrogens with zero attached hydrogens (tertiary/aromatic N) is 6. The van der Waals surface area contributed by atoms with Crippen LogP contribution >= 0.6 is 0 Å². The van der Waals surface area contributed by atoms with Crippen molar-refractivity contribution in [3.05, 3.63) is 6.33 Å². The second-order valence-electron chi connectivity index (χ2n) is 5.13. The molecular weight excluding hydrogens is 258 g/mol. The van der Waals surface area contributed by atoms with Gasteiger partial charge >= 0.3 is 0 Å². The molecule has 0 aliphatic carbocycles. The van der Waals surface area contributed by atoms with Crippen LogP contribution in [0.4, 0.5) is 0 Å². The molecule has 1 aromatic rings. The van der Waals surface area contributed by atoms with Crippen LogP contribution in [0, 0.1) is 0 Å². The minimum atomic E-state index is -0.0589. The summed E-state index contributed by atoms with van der Waals surface area (Å²) in [7, 11) is 0. The molecule has 2 heterocycles. The Bertz CT molecular complexity index is 400. The highest BCUT2D eigenvalue weighted by Crippen LogP contribution is 2.05. The summed E-state index contributed by atoms with van der Waals surface area (Å²) in [5.41, 5.74) is 0. The molecule has 0 radical (unpaired) electrons. The quantitative estimate of drug-likeness (QED) is 0.707. The summed E-state index contributed by atoms with van der Waals surface area (Å²) >= 11 is 0. The van der Waals surface area contributed by atoms with Crippen LogP contribution in [0.1, 0.15) is 13.8 Å². The third kappa shape index (κ3) is 4.24. The van der Waals surface area contributed by atoms with Gasteiger partial charge in [0.05, 0.1) is 0 Å². The highest BCUT2D eigenvalue weighted by molar-refractivity contribution is 5.75. The Kier molecular flexibility index (Phi) is 5.42. The van der Waals surface area contributed by atoms with Crippen LogP contribution in [-0.4, -0.2) is 81.2 Å². The molecule has 1 aliphatic heterocycles. The molecule has 8 nitrogen and oxygen atoms in total. The van der Waals surface area contributed by atoms with E-state index in [2.05, 4.69) is 44.5 Å². The highest BCUT2D eigenvalue weighted by Gasteiger charge is 2.20. The number of carbonyl (C=O) groups excluding carboxylic acids is 1. The average molecular weight is 281 g/mol. The predicted molar refractivity (Wildman–Crippen MR) is 74.0 cm³/mol. The lowest BCUT2D eigenvalue weighted by Crippen LogP contribution is -2.52. The van der Waals surface area contributed by atoms with Gasteiger partial charge in [-0.1, -0.05) is 6.92 Å². The molecule has 0 bridgehead atoms. The molecule has 1 saturated heterocycles. The van der Waals surface area contributed by atoms with Crippen LogP contribution in [0.5, 0.6) is 0 Å². The number of nitrogens with one attached hydrogen (secondary N) is 1. The van der Waals surface area contributed by atoms with Gasteiger partial charge in [-0.15, -0.1) is 5.10 Å². The number of carbonyl (C=O) groups is 1. The van der Waals surface area contributed by atoms with Crippen molar-refractivity contribution in [3.8, 4) is 0 Å². The Hall–Kier alpha value is -1.54. The second-order valence-corrected chi connectivity index (χ2v) is 5.13. The van der Waals surface area contributed by atoms with E-state index in [1.807, 2.05) is 0 Å². The first-order chi connectivity index (χ1) is 9.69. The molecule has 20 heavy (non-hydrogen) atoms. The third-order valence-electron chi connectivity index (χ3n) is 3.77. The topological polar surface area (TPSA) is 79.2 Å². The van der Waals surface area contributed by atoms with E-state index in [1.165, 1.54) is 11.0 Å². The van der Waals surface area contributed by atoms with Crippen molar-refractivity contribution < 1.29 is 4.79 Å². The third-order valence-corrected chi connectivity index (χ3v) is 3.77. The Morgan fingerprint density at radius 2 is 2.10 bits per heavy atom. The molecule has 0 aromatic carbocycles. The van der Waals surface area contributed by atoms with Crippen LogP contribution in [0.25, 0.3) is 0 Å². The fourth-order valence-corrected chi connectivity index (χ4v) is 2.37. The summed E-state index contributed by atoms with van der Waals surface area (Å²) in [5.74, 6) is -0.0589.